The van der Waals surface area contributed by atoms with Crippen molar-refractivity contribution in [1.82, 2.24) is 0 Å². The van der Waals surface area contributed by atoms with E-state index < -0.39 is 4.92 Å². The van der Waals surface area contributed by atoms with Crippen LogP contribution in [-0.2, 0) is 6.42 Å². The molecule has 1 rings (SSSR count). The van der Waals surface area contributed by atoms with Crippen LogP contribution in [0.2, 0.25) is 0 Å². The van der Waals surface area contributed by atoms with E-state index in [9.17, 15) is 10.1 Å². The molecule has 0 N–H and O–H groups in total. The highest BCUT2D eigenvalue weighted by atomic mass is 16.6. The van der Waals surface area contributed by atoms with Crippen molar-refractivity contribution in [2.45, 2.75) is 52.4 Å². The summed E-state index contributed by atoms with van der Waals surface area (Å²) >= 11 is 0. The zero-order valence-corrected chi connectivity index (χ0v) is 10.6. The number of hydrogen-bond donors (Lipinski definition) is 0. The Labute approximate surface area is 102 Å². The van der Waals surface area contributed by atoms with E-state index in [1.54, 1.807) is 6.07 Å². The molecule has 0 aliphatic carbocycles. The van der Waals surface area contributed by atoms with Gasteiger partial charge in [0.05, 0.1) is 6.07 Å². The lowest BCUT2D eigenvalue weighted by atomic mass is 9.98. The molecule has 17 heavy (non-hydrogen) atoms. The fraction of sp³-hybridized carbons (Fsp3) is 0.692. The molecule has 1 aromatic heterocycles. The molecule has 1 heterocycles. The Kier molecular flexibility index (Phi) is 5.73. The summed E-state index contributed by atoms with van der Waals surface area (Å²) in [5.41, 5.74) is 0. The maximum absolute atomic E-state index is 10.5. The molecule has 1 unspecified atom stereocenters. The molecule has 96 valence electrons. The molecule has 0 spiro atoms. The summed E-state index contributed by atoms with van der Waals surface area (Å²) in [6, 6.07) is 3.14. The molecule has 1 atom stereocenters. The van der Waals surface area contributed by atoms with E-state index in [-0.39, 0.29) is 5.88 Å². The first-order valence-electron chi connectivity index (χ1n) is 6.36. The molecule has 0 radical (unpaired) electrons. The Morgan fingerprint density at radius 1 is 1.35 bits per heavy atom. The van der Waals surface area contributed by atoms with Gasteiger partial charge in [-0.1, -0.05) is 46.0 Å². The van der Waals surface area contributed by atoms with Gasteiger partial charge in [0.2, 0.25) is 0 Å². The van der Waals surface area contributed by atoms with Crippen molar-refractivity contribution in [2.24, 2.45) is 5.92 Å². The van der Waals surface area contributed by atoms with Crippen molar-refractivity contribution in [3.8, 4) is 0 Å². The normalized spacial score (nSPS) is 12.6. The third-order valence-corrected chi connectivity index (χ3v) is 2.93. The average Bonchev–Trinajstić information content (AvgIpc) is 2.73. The number of furan rings is 1. The lowest BCUT2D eigenvalue weighted by molar-refractivity contribution is -0.402. The Morgan fingerprint density at radius 3 is 2.71 bits per heavy atom. The zero-order valence-electron chi connectivity index (χ0n) is 10.6. The van der Waals surface area contributed by atoms with Crippen LogP contribution in [0, 0.1) is 16.0 Å². The van der Waals surface area contributed by atoms with Crippen molar-refractivity contribution in [1.29, 1.82) is 0 Å². The van der Waals surface area contributed by atoms with Crippen LogP contribution in [-0.4, -0.2) is 4.92 Å². The van der Waals surface area contributed by atoms with Gasteiger partial charge in [-0.25, -0.2) is 0 Å². The minimum Gasteiger partial charge on any atom is -0.406 e. The third kappa shape index (κ3) is 5.02. The molecule has 0 aliphatic rings. The summed E-state index contributed by atoms with van der Waals surface area (Å²) in [5, 5.41) is 10.5. The van der Waals surface area contributed by atoms with Gasteiger partial charge in [0, 0.05) is 6.42 Å². The summed E-state index contributed by atoms with van der Waals surface area (Å²) in [6.45, 7) is 4.37. The second kappa shape index (κ2) is 7.09. The SMILES string of the molecule is CCCCCCC(C)Cc1ccc([N+](=O)[O-])o1. The summed E-state index contributed by atoms with van der Waals surface area (Å²) in [4.78, 5) is 9.97. The van der Waals surface area contributed by atoms with E-state index in [0.717, 1.165) is 18.6 Å². The standard InChI is InChI=1S/C13H21NO3/c1-3-4-5-6-7-11(2)10-12-8-9-13(17-12)14(15)16/h8-9,11H,3-7,10H2,1-2H3. The van der Waals surface area contributed by atoms with E-state index in [2.05, 4.69) is 13.8 Å². The van der Waals surface area contributed by atoms with Gasteiger partial charge in [0.1, 0.15) is 10.7 Å². The number of nitrogens with zero attached hydrogens (tertiary/aromatic N) is 1. The van der Waals surface area contributed by atoms with E-state index in [4.69, 9.17) is 4.42 Å². The highest BCUT2D eigenvalue weighted by Gasteiger charge is 2.13. The molecular formula is C13H21NO3. The molecule has 0 aromatic carbocycles. The minimum absolute atomic E-state index is 0.154. The quantitative estimate of drug-likeness (QED) is 0.385. The summed E-state index contributed by atoms with van der Waals surface area (Å²) < 4.78 is 5.14. The van der Waals surface area contributed by atoms with Crippen LogP contribution in [0.15, 0.2) is 16.5 Å². The second-order valence-electron chi connectivity index (χ2n) is 4.66. The molecule has 4 nitrogen and oxygen atoms in total. The van der Waals surface area contributed by atoms with Crippen molar-refractivity contribution in [3.05, 3.63) is 28.0 Å². The summed E-state index contributed by atoms with van der Waals surface area (Å²) in [7, 11) is 0. The summed E-state index contributed by atoms with van der Waals surface area (Å²) in [6.07, 6.45) is 7.00. The number of nitro groups is 1. The number of unbranched alkanes of at least 4 members (excludes halogenated alkanes) is 3. The van der Waals surface area contributed by atoms with Gasteiger partial charge in [0.25, 0.3) is 0 Å². The molecule has 0 aliphatic heterocycles. The lowest BCUT2D eigenvalue weighted by Gasteiger charge is -2.08. The average molecular weight is 239 g/mol. The summed E-state index contributed by atoms with van der Waals surface area (Å²) in [5.74, 6) is 1.09. The monoisotopic (exact) mass is 239 g/mol. The maximum Gasteiger partial charge on any atom is 0.433 e. The smallest absolute Gasteiger partial charge is 0.406 e. The molecular weight excluding hydrogens is 218 g/mol. The van der Waals surface area contributed by atoms with Gasteiger partial charge in [0.15, 0.2) is 0 Å². The minimum atomic E-state index is -0.491. The van der Waals surface area contributed by atoms with Gasteiger partial charge in [-0.05, 0) is 12.0 Å². The second-order valence-corrected chi connectivity index (χ2v) is 4.66. The van der Waals surface area contributed by atoms with Crippen LogP contribution in [0.25, 0.3) is 0 Å². The molecule has 1 aromatic rings. The Morgan fingerprint density at radius 2 is 2.12 bits per heavy atom. The highest BCUT2D eigenvalue weighted by Crippen LogP contribution is 2.21. The van der Waals surface area contributed by atoms with Crippen molar-refractivity contribution < 1.29 is 9.34 Å². The molecule has 0 bridgehead atoms. The van der Waals surface area contributed by atoms with Crippen molar-refractivity contribution in [2.75, 3.05) is 0 Å². The van der Waals surface area contributed by atoms with Crippen LogP contribution in [0.4, 0.5) is 5.88 Å². The topological polar surface area (TPSA) is 56.3 Å². The van der Waals surface area contributed by atoms with Crippen LogP contribution >= 0.6 is 0 Å². The Balaban J connectivity index is 2.29. The molecule has 0 amide bonds. The number of rotatable bonds is 8. The first-order valence-corrected chi connectivity index (χ1v) is 6.36. The van der Waals surface area contributed by atoms with Crippen LogP contribution in [0.1, 0.15) is 51.7 Å². The Bertz CT molecular complexity index is 346. The lowest BCUT2D eigenvalue weighted by Crippen LogP contribution is -1.98. The van der Waals surface area contributed by atoms with Gasteiger partial charge < -0.3 is 4.42 Å². The van der Waals surface area contributed by atoms with Gasteiger partial charge in [-0.15, -0.1) is 0 Å². The number of hydrogen-bond acceptors (Lipinski definition) is 3. The van der Waals surface area contributed by atoms with Crippen molar-refractivity contribution in [3.63, 3.8) is 0 Å². The van der Waals surface area contributed by atoms with E-state index in [1.807, 2.05) is 0 Å². The zero-order chi connectivity index (χ0) is 12.7. The first-order chi connectivity index (χ1) is 8.13. The predicted octanol–water partition coefficient (Wildman–Crippen LogP) is 4.34. The van der Waals surface area contributed by atoms with E-state index >= 15 is 0 Å². The molecule has 0 saturated heterocycles. The van der Waals surface area contributed by atoms with Crippen LogP contribution < -0.4 is 0 Å². The Hall–Kier alpha value is -1.32. The molecule has 4 heteroatoms. The van der Waals surface area contributed by atoms with Gasteiger partial charge >= 0.3 is 5.88 Å². The fourth-order valence-corrected chi connectivity index (χ4v) is 1.94. The molecule has 0 fully saturated rings. The fourth-order valence-electron chi connectivity index (χ4n) is 1.94. The highest BCUT2D eigenvalue weighted by molar-refractivity contribution is 5.17. The third-order valence-electron chi connectivity index (χ3n) is 2.93. The predicted molar refractivity (Wildman–Crippen MR) is 67.0 cm³/mol. The van der Waals surface area contributed by atoms with E-state index in [0.29, 0.717) is 5.92 Å². The largest absolute Gasteiger partial charge is 0.433 e. The van der Waals surface area contributed by atoms with Crippen LogP contribution in [0.3, 0.4) is 0 Å². The maximum atomic E-state index is 10.5. The van der Waals surface area contributed by atoms with Gasteiger partial charge in [-0.3, -0.25) is 10.1 Å². The van der Waals surface area contributed by atoms with Gasteiger partial charge in [-0.2, -0.15) is 0 Å². The first kappa shape index (κ1) is 13.7. The molecule has 0 saturated carbocycles. The van der Waals surface area contributed by atoms with Crippen molar-refractivity contribution >= 4 is 5.88 Å². The van der Waals surface area contributed by atoms with Crippen LogP contribution in [0.5, 0.6) is 0 Å². The van der Waals surface area contributed by atoms with E-state index in [1.165, 1.54) is 31.7 Å².